The van der Waals surface area contributed by atoms with Gasteiger partial charge in [0.2, 0.25) is 0 Å². The first-order valence-electron chi connectivity index (χ1n) is 4.91. The van der Waals surface area contributed by atoms with Gasteiger partial charge in [-0.1, -0.05) is 0 Å². The van der Waals surface area contributed by atoms with Gasteiger partial charge in [-0.25, -0.2) is 4.98 Å². The zero-order valence-corrected chi connectivity index (χ0v) is 9.03. The quantitative estimate of drug-likeness (QED) is 0.745. The van der Waals surface area contributed by atoms with E-state index in [2.05, 4.69) is 4.98 Å². The fourth-order valence-electron chi connectivity index (χ4n) is 1.56. The van der Waals surface area contributed by atoms with Crippen LogP contribution in [-0.2, 0) is 11.8 Å². The summed E-state index contributed by atoms with van der Waals surface area (Å²) in [6.07, 6.45) is 0.252. The number of hydrogen-bond donors (Lipinski definition) is 0. The highest BCUT2D eigenvalue weighted by Crippen LogP contribution is 2.25. The SMILES string of the molecule is Cn1ccnc1C=C1CN(C(=O)C(F)(F)F)C1. The van der Waals surface area contributed by atoms with E-state index in [9.17, 15) is 18.0 Å². The lowest BCUT2D eigenvalue weighted by Crippen LogP contribution is -2.50. The lowest BCUT2D eigenvalue weighted by atomic mass is 10.1. The summed E-state index contributed by atoms with van der Waals surface area (Å²) in [6, 6.07) is 0. The van der Waals surface area contributed by atoms with E-state index in [-0.39, 0.29) is 13.1 Å². The maximum Gasteiger partial charge on any atom is 0.471 e. The molecular weight excluding hydrogens is 235 g/mol. The summed E-state index contributed by atoms with van der Waals surface area (Å²) in [6.45, 7) is 0.0381. The zero-order chi connectivity index (χ0) is 12.6. The molecule has 1 aliphatic rings. The molecule has 1 amide bonds. The molecule has 0 atom stereocenters. The maximum atomic E-state index is 12.1. The number of amides is 1. The number of nitrogens with zero attached hydrogens (tertiary/aromatic N) is 3. The van der Waals surface area contributed by atoms with E-state index in [4.69, 9.17) is 0 Å². The van der Waals surface area contributed by atoms with Crippen molar-refractivity contribution in [1.82, 2.24) is 14.5 Å². The summed E-state index contributed by atoms with van der Waals surface area (Å²) in [5.74, 6) is -1.12. The first kappa shape index (κ1) is 11.7. The molecule has 4 nitrogen and oxygen atoms in total. The third-order valence-electron chi connectivity index (χ3n) is 2.51. The number of halogens is 3. The highest BCUT2D eigenvalue weighted by atomic mass is 19.4. The van der Waals surface area contributed by atoms with Gasteiger partial charge in [0.15, 0.2) is 0 Å². The second-order valence-electron chi connectivity index (χ2n) is 3.86. The van der Waals surface area contributed by atoms with Gasteiger partial charge in [-0.2, -0.15) is 13.2 Å². The molecule has 0 aromatic carbocycles. The van der Waals surface area contributed by atoms with Crippen LogP contribution >= 0.6 is 0 Å². The minimum atomic E-state index is -4.78. The minimum Gasteiger partial charge on any atom is -0.335 e. The van der Waals surface area contributed by atoms with E-state index < -0.39 is 12.1 Å². The van der Waals surface area contributed by atoms with Crippen LogP contribution in [0.5, 0.6) is 0 Å². The van der Waals surface area contributed by atoms with Crippen LogP contribution in [0.2, 0.25) is 0 Å². The number of imidazole rings is 1. The van der Waals surface area contributed by atoms with Crippen LogP contribution in [0.1, 0.15) is 5.82 Å². The van der Waals surface area contributed by atoms with Gasteiger partial charge in [-0.05, 0) is 11.6 Å². The molecule has 1 aromatic heterocycles. The molecule has 1 fully saturated rings. The van der Waals surface area contributed by atoms with Crippen molar-refractivity contribution in [2.24, 2.45) is 7.05 Å². The van der Waals surface area contributed by atoms with Crippen molar-refractivity contribution in [3.05, 3.63) is 23.8 Å². The fourth-order valence-corrected chi connectivity index (χ4v) is 1.56. The topological polar surface area (TPSA) is 38.1 Å². The number of aromatic nitrogens is 2. The van der Waals surface area contributed by atoms with E-state index >= 15 is 0 Å². The number of hydrogen-bond acceptors (Lipinski definition) is 2. The Balaban J connectivity index is 1.98. The first-order valence-corrected chi connectivity index (χ1v) is 4.91. The predicted octanol–water partition coefficient (Wildman–Crippen LogP) is 1.21. The molecule has 0 bridgehead atoms. The van der Waals surface area contributed by atoms with Crippen LogP contribution in [0, 0.1) is 0 Å². The normalized spacial score (nSPS) is 15.8. The molecule has 2 rings (SSSR count). The highest BCUT2D eigenvalue weighted by Gasteiger charge is 2.45. The number of carbonyl (C=O) groups excluding carboxylic acids is 1. The number of aryl methyl sites for hydroxylation is 1. The van der Waals surface area contributed by atoms with Crippen molar-refractivity contribution in [3.8, 4) is 0 Å². The van der Waals surface area contributed by atoms with Crippen molar-refractivity contribution in [1.29, 1.82) is 0 Å². The number of carbonyl (C=O) groups is 1. The van der Waals surface area contributed by atoms with Crippen molar-refractivity contribution >= 4 is 12.0 Å². The van der Waals surface area contributed by atoms with E-state index in [1.54, 1.807) is 30.1 Å². The van der Waals surface area contributed by atoms with Gasteiger partial charge in [0, 0.05) is 32.5 Å². The van der Waals surface area contributed by atoms with Gasteiger partial charge in [-0.3, -0.25) is 4.79 Å². The molecule has 0 aliphatic carbocycles. The molecule has 1 aliphatic heterocycles. The van der Waals surface area contributed by atoms with Crippen LogP contribution in [-0.4, -0.2) is 39.6 Å². The van der Waals surface area contributed by atoms with Gasteiger partial charge in [0.1, 0.15) is 5.82 Å². The number of likely N-dealkylation sites (tertiary alicyclic amines) is 1. The minimum absolute atomic E-state index is 0.0191. The Morgan fingerprint density at radius 2 is 2.12 bits per heavy atom. The maximum absolute atomic E-state index is 12.1. The fraction of sp³-hybridized carbons (Fsp3) is 0.400. The molecule has 0 N–H and O–H groups in total. The Kier molecular flexibility index (Phi) is 2.68. The summed E-state index contributed by atoms with van der Waals surface area (Å²) in [7, 11) is 1.79. The number of rotatable bonds is 1. The summed E-state index contributed by atoms with van der Waals surface area (Å²) in [5, 5.41) is 0. The van der Waals surface area contributed by atoms with E-state index in [1.807, 2.05) is 0 Å². The Labute approximate surface area is 95.3 Å². The predicted molar refractivity (Wildman–Crippen MR) is 53.8 cm³/mol. The van der Waals surface area contributed by atoms with Crippen LogP contribution in [0.4, 0.5) is 13.2 Å². The Bertz CT molecular complexity index is 467. The number of alkyl halides is 3. The molecule has 2 heterocycles. The van der Waals surface area contributed by atoms with Crippen molar-refractivity contribution < 1.29 is 18.0 Å². The molecule has 0 unspecified atom stereocenters. The molecule has 7 heteroatoms. The second kappa shape index (κ2) is 3.90. The Morgan fingerprint density at radius 1 is 1.47 bits per heavy atom. The third kappa shape index (κ3) is 2.32. The summed E-state index contributed by atoms with van der Waals surface area (Å²) in [4.78, 5) is 15.6. The Morgan fingerprint density at radius 3 is 2.59 bits per heavy atom. The molecule has 1 saturated heterocycles. The van der Waals surface area contributed by atoms with Gasteiger partial charge >= 0.3 is 12.1 Å². The van der Waals surface area contributed by atoms with Gasteiger partial charge < -0.3 is 9.47 Å². The Hall–Kier alpha value is -1.79. The molecule has 17 heavy (non-hydrogen) atoms. The zero-order valence-electron chi connectivity index (χ0n) is 9.03. The largest absolute Gasteiger partial charge is 0.471 e. The van der Waals surface area contributed by atoms with Gasteiger partial charge in [0.25, 0.3) is 0 Å². The molecule has 92 valence electrons. The highest BCUT2D eigenvalue weighted by molar-refractivity contribution is 5.84. The van der Waals surface area contributed by atoms with E-state index in [1.165, 1.54) is 0 Å². The average molecular weight is 245 g/mol. The van der Waals surface area contributed by atoms with Gasteiger partial charge in [0.05, 0.1) is 0 Å². The van der Waals surface area contributed by atoms with E-state index in [0.717, 1.165) is 10.5 Å². The van der Waals surface area contributed by atoms with Crippen molar-refractivity contribution in [2.75, 3.05) is 13.1 Å². The van der Waals surface area contributed by atoms with Crippen LogP contribution in [0.3, 0.4) is 0 Å². The summed E-state index contributed by atoms with van der Waals surface area (Å²) in [5.41, 5.74) is 0.761. The monoisotopic (exact) mass is 245 g/mol. The van der Waals surface area contributed by atoms with Crippen molar-refractivity contribution in [3.63, 3.8) is 0 Å². The second-order valence-corrected chi connectivity index (χ2v) is 3.86. The molecule has 0 radical (unpaired) electrons. The summed E-state index contributed by atoms with van der Waals surface area (Å²) >= 11 is 0. The lowest BCUT2D eigenvalue weighted by Gasteiger charge is -2.34. The van der Waals surface area contributed by atoms with Gasteiger partial charge in [-0.15, -0.1) is 0 Å². The summed E-state index contributed by atoms with van der Waals surface area (Å²) < 4.78 is 37.9. The molecule has 1 aromatic rings. The molecule has 0 spiro atoms. The van der Waals surface area contributed by atoms with Crippen molar-refractivity contribution in [2.45, 2.75) is 6.18 Å². The smallest absolute Gasteiger partial charge is 0.335 e. The van der Waals surface area contributed by atoms with E-state index in [0.29, 0.717) is 5.82 Å². The lowest BCUT2D eigenvalue weighted by molar-refractivity contribution is -0.186. The van der Waals surface area contributed by atoms with Crippen LogP contribution < -0.4 is 0 Å². The van der Waals surface area contributed by atoms with Crippen LogP contribution in [0.25, 0.3) is 6.08 Å². The van der Waals surface area contributed by atoms with Crippen LogP contribution in [0.15, 0.2) is 18.0 Å². The molecular formula is C10H10F3N3O. The average Bonchev–Trinajstić information content (AvgIpc) is 2.54. The standard InChI is InChI=1S/C10H10F3N3O/c1-15-3-2-14-8(15)4-7-5-16(6-7)9(17)10(11,12)13/h2-4H,5-6H2,1H3. The molecule has 0 saturated carbocycles. The first-order chi connectivity index (χ1) is 7.88. The third-order valence-corrected chi connectivity index (χ3v) is 2.51.